The molecule has 0 aliphatic carbocycles. The minimum Gasteiger partial charge on any atom is -0.335 e. The summed E-state index contributed by atoms with van der Waals surface area (Å²) in [7, 11) is 0. The maximum absolute atomic E-state index is 11.8. The van der Waals surface area contributed by atoms with Crippen molar-refractivity contribution in [2.75, 3.05) is 32.7 Å². The molecular formula is C12H20N4O2. The minimum absolute atomic E-state index is 0.127. The zero-order chi connectivity index (χ0) is 13.5. The number of likely N-dealkylation sites (tertiary alicyclic amines) is 1. The summed E-state index contributed by atoms with van der Waals surface area (Å²) in [5, 5.41) is 10.6. The van der Waals surface area contributed by atoms with Gasteiger partial charge in [-0.15, -0.1) is 0 Å². The van der Waals surface area contributed by atoms with Crippen LogP contribution in [0.5, 0.6) is 0 Å². The molecule has 1 rings (SSSR count). The first-order chi connectivity index (χ1) is 8.63. The SMILES string of the molecule is CCN(CC)C1CCN(C(=O)C(=O)NCC#N)C1. The molecule has 1 fully saturated rings. The molecule has 0 aromatic carbocycles. The molecule has 6 nitrogen and oxygen atoms in total. The van der Waals surface area contributed by atoms with Crippen molar-refractivity contribution in [2.24, 2.45) is 0 Å². The lowest BCUT2D eigenvalue weighted by molar-refractivity contribution is -0.145. The van der Waals surface area contributed by atoms with Crippen LogP contribution in [0.1, 0.15) is 20.3 Å². The van der Waals surface area contributed by atoms with Gasteiger partial charge in [0.1, 0.15) is 6.54 Å². The van der Waals surface area contributed by atoms with E-state index in [2.05, 4.69) is 24.1 Å². The molecule has 100 valence electrons. The Morgan fingerprint density at radius 2 is 2.11 bits per heavy atom. The standard InChI is InChI=1S/C12H20N4O2/c1-3-15(4-2)10-5-8-16(9-10)12(18)11(17)14-7-6-13/h10H,3-5,7-9H2,1-2H3,(H,14,17). The number of rotatable bonds is 4. The number of hydrogen-bond donors (Lipinski definition) is 1. The number of hydrogen-bond acceptors (Lipinski definition) is 4. The first-order valence-electron chi connectivity index (χ1n) is 6.32. The first kappa shape index (κ1) is 14.5. The van der Waals surface area contributed by atoms with Gasteiger partial charge < -0.3 is 10.2 Å². The van der Waals surface area contributed by atoms with Crippen molar-refractivity contribution in [1.82, 2.24) is 15.1 Å². The lowest BCUT2D eigenvalue weighted by Gasteiger charge is -2.25. The predicted octanol–water partition coefficient (Wildman–Crippen LogP) is -0.431. The van der Waals surface area contributed by atoms with Gasteiger partial charge in [-0.2, -0.15) is 5.26 Å². The fourth-order valence-electron chi connectivity index (χ4n) is 2.30. The lowest BCUT2D eigenvalue weighted by atomic mass is 10.2. The van der Waals surface area contributed by atoms with Gasteiger partial charge in [-0.1, -0.05) is 13.8 Å². The number of likely N-dealkylation sites (N-methyl/N-ethyl adjacent to an activating group) is 1. The highest BCUT2D eigenvalue weighted by molar-refractivity contribution is 6.35. The van der Waals surface area contributed by atoms with Crippen LogP contribution in [0.4, 0.5) is 0 Å². The molecule has 1 heterocycles. The lowest BCUT2D eigenvalue weighted by Crippen LogP contribution is -2.44. The van der Waals surface area contributed by atoms with Crippen LogP contribution in [-0.4, -0.2) is 60.4 Å². The summed E-state index contributed by atoms with van der Waals surface area (Å²) in [4.78, 5) is 27.1. The molecule has 1 N–H and O–H groups in total. The Kier molecular flexibility index (Phi) is 5.59. The van der Waals surface area contributed by atoms with Crippen LogP contribution in [0.2, 0.25) is 0 Å². The average Bonchev–Trinajstić information content (AvgIpc) is 2.86. The second kappa shape index (κ2) is 6.97. The van der Waals surface area contributed by atoms with Crippen molar-refractivity contribution in [3.8, 4) is 6.07 Å². The fourth-order valence-corrected chi connectivity index (χ4v) is 2.30. The summed E-state index contributed by atoms with van der Waals surface area (Å²) < 4.78 is 0. The van der Waals surface area contributed by atoms with Crippen molar-refractivity contribution in [2.45, 2.75) is 26.3 Å². The molecule has 6 heteroatoms. The molecule has 1 aliphatic rings. The molecule has 1 saturated heterocycles. The molecule has 1 aliphatic heterocycles. The highest BCUT2D eigenvalue weighted by atomic mass is 16.2. The second-order valence-corrected chi connectivity index (χ2v) is 4.26. The summed E-state index contributed by atoms with van der Waals surface area (Å²) in [5.41, 5.74) is 0. The predicted molar refractivity (Wildman–Crippen MR) is 66.5 cm³/mol. The number of nitrogens with zero attached hydrogens (tertiary/aromatic N) is 3. The molecule has 0 aromatic heterocycles. The number of carbonyl (C=O) groups excluding carboxylic acids is 2. The highest BCUT2D eigenvalue weighted by Crippen LogP contribution is 2.15. The average molecular weight is 252 g/mol. The van der Waals surface area contributed by atoms with E-state index in [1.165, 1.54) is 0 Å². The summed E-state index contributed by atoms with van der Waals surface area (Å²) in [6.45, 7) is 7.16. The zero-order valence-corrected chi connectivity index (χ0v) is 11.0. The molecule has 0 spiro atoms. The van der Waals surface area contributed by atoms with Crippen LogP contribution in [0.25, 0.3) is 0 Å². The van der Waals surface area contributed by atoms with Gasteiger partial charge in [-0.05, 0) is 19.5 Å². The maximum Gasteiger partial charge on any atom is 0.311 e. The van der Waals surface area contributed by atoms with Gasteiger partial charge in [0, 0.05) is 19.1 Å². The van der Waals surface area contributed by atoms with Crippen molar-refractivity contribution in [3.63, 3.8) is 0 Å². The Morgan fingerprint density at radius 3 is 2.67 bits per heavy atom. The van der Waals surface area contributed by atoms with Gasteiger partial charge in [0.25, 0.3) is 0 Å². The molecular weight excluding hydrogens is 232 g/mol. The van der Waals surface area contributed by atoms with E-state index in [9.17, 15) is 9.59 Å². The van der Waals surface area contributed by atoms with E-state index in [1.807, 2.05) is 0 Å². The number of nitriles is 1. The summed E-state index contributed by atoms with van der Waals surface area (Å²) in [5.74, 6) is -1.21. The van der Waals surface area contributed by atoms with Crippen LogP contribution in [0.3, 0.4) is 0 Å². The quantitative estimate of drug-likeness (QED) is 0.544. The maximum atomic E-state index is 11.8. The molecule has 0 bridgehead atoms. The molecule has 0 aromatic rings. The Bertz CT molecular complexity index is 346. The van der Waals surface area contributed by atoms with Gasteiger partial charge in [-0.25, -0.2) is 0 Å². The minimum atomic E-state index is -0.684. The Labute approximate surface area is 108 Å². The largest absolute Gasteiger partial charge is 0.335 e. The number of amides is 2. The topological polar surface area (TPSA) is 76.4 Å². The normalized spacial score (nSPS) is 18.8. The van der Waals surface area contributed by atoms with Crippen LogP contribution >= 0.6 is 0 Å². The van der Waals surface area contributed by atoms with Gasteiger partial charge in [0.2, 0.25) is 0 Å². The molecule has 1 atom stereocenters. The number of carbonyl (C=O) groups is 2. The summed E-state index contributed by atoms with van der Waals surface area (Å²) >= 11 is 0. The van der Waals surface area contributed by atoms with Gasteiger partial charge in [0.15, 0.2) is 0 Å². The van der Waals surface area contributed by atoms with Crippen LogP contribution in [-0.2, 0) is 9.59 Å². The van der Waals surface area contributed by atoms with E-state index in [0.29, 0.717) is 19.1 Å². The van der Waals surface area contributed by atoms with Gasteiger partial charge >= 0.3 is 11.8 Å². The van der Waals surface area contributed by atoms with Crippen LogP contribution in [0.15, 0.2) is 0 Å². The van der Waals surface area contributed by atoms with E-state index in [1.54, 1.807) is 11.0 Å². The van der Waals surface area contributed by atoms with Crippen molar-refractivity contribution >= 4 is 11.8 Å². The molecule has 18 heavy (non-hydrogen) atoms. The molecule has 0 saturated carbocycles. The Hall–Kier alpha value is -1.61. The third-order valence-corrected chi connectivity index (χ3v) is 3.30. The number of nitrogens with one attached hydrogen (secondary N) is 1. The third kappa shape index (κ3) is 3.44. The first-order valence-corrected chi connectivity index (χ1v) is 6.32. The van der Waals surface area contributed by atoms with Crippen molar-refractivity contribution in [1.29, 1.82) is 5.26 Å². The van der Waals surface area contributed by atoms with Crippen molar-refractivity contribution < 1.29 is 9.59 Å². The summed E-state index contributed by atoms with van der Waals surface area (Å²) in [6.07, 6.45) is 0.902. The summed E-state index contributed by atoms with van der Waals surface area (Å²) in [6, 6.07) is 2.12. The van der Waals surface area contributed by atoms with E-state index in [4.69, 9.17) is 5.26 Å². The van der Waals surface area contributed by atoms with Crippen LogP contribution < -0.4 is 5.32 Å². The van der Waals surface area contributed by atoms with Crippen molar-refractivity contribution in [3.05, 3.63) is 0 Å². The third-order valence-electron chi connectivity index (χ3n) is 3.30. The van der Waals surface area contributed by atoms with E-state index < -0.39 is 11.8 Å². The Balaban J connectivity index is 2.48. The molecule has 2 amide bonds. The van der Waals surface area contributed by atoms with Gasteiger partial charge in [-0.3, -0.25) is 14.5 Å². The smallest absolute Gasteiger partial charge is 0.311 e. The Morgan fingerprint density at radius 1 is 1.44 bits per heavy atom. The highest BCUT2D eigenvalue weighted by Gasteiger charge is 2.31. The van der Waals surface area contributed by atoms with E-state index in [-0.39, 0.29) is 6.54 Å². The van der Waals surface area contributed by atoms with Crippen LogP contribution in [0, 0.1) is 11.3 Å². The zero-order valence-electron chi connectivity index (χ0n) is 11.0. The van der Waals surface area contributed by atoms with Gasteiger partial charge in [0.05, 0.1) is 6.07 Å². The molecule has 0 radical (unpaired) electrons. The van der Waals surface area contributed by atoms with E-state index >= 15 is 0 Å². The second-order valence-electron chi connectivity index (χ2n) is 4.26. The molecule has 1 unspecified atom stereocenters. The monoisotopic (exact) mass is 252 g/mol. The van der Waals surface area contributed by atoms with E-state index in [0.717, 1.165) is 19.5 Å². The fraction of sp³-hybridized carbons (Fsp3) is 0.750.